The van der Waals surface area contributed by atoms with Crippen LogP contribution in [0.15, 0.2) is 18.2 Å². The molecule has 1 amide bonds. The predicted molar refractivity (Wildman–Crippen MR) is 86.1 cm³/mol. The zero-order chi connectivity index (χ0) is 15.4. The second kappa shape index (κ2) is 6.78. The van der Waals surface area contributed by atoms with E-state index in [1.54, 1.807) is 0 Å². The fourth-order valence-corrected chi connectivity index (χ4v) is 3.04. The van der Waals surface area contributed by atoms with Gasteiger partial charge < -0.3 is 10.6 Å². The van der Waals surface area contributed by atoms with Gasteiger partial charge in [-0.3, -0.25) is 4.79 Å². The van der Waals surface area contributed by atoms with E-state index in [1.165, 1.54) is 6.42 Å². The molecular formula is C18H24N2O. The molecule has 3 nitrogen and oxygen atoms in total. The number of nitrogens with zero attached hydrogens (tertiary/aromatic N) is 1. The van der Waals surface area contributed by atoms with E-state index in [9.17, 15) is 4.79 Å². The standard InChI is InChI=1S/C18H24N2O/c1-13-9-10-16(8-5-11-19)12-17(13)18(21)20-14(2)6-4-7-15(20)3/h9-10,12,14-15H,4,6-7,11,19H2,1-3H3/t14-,15+. The average Bonchev–Trinajstić information content (AvgIpc) is 2.46. The van der Waals surface area contributed by atoms with Crippen LogP contribution in [-0.4, -0.2) is 29.4 Å². The van der Waals surface area contributed by atoms with E-state index in [0.29, 0.717) is 18.6 Å². The number of benzene rings is 1. The van der Waals surface area contributed by atoms with Crippen LogP contribution in [0.25, 0.3) is 0 Å². The van der Waals surface area contributed by atoms with Gasteiger partial charge in [0.1, 0.15) is 0 Å². The van der Waals surface area contributed by atoms with Gasteiger partial charge in [-0.25, -0.2) is 0 Å². The Kier molecular flexibility index (Phi) is 5.03. The topological polar surface area (TPSA) is 46.3 Å². The lowest BCUT2D eigenvalue weighted by atomic mass is 9.95. The van der Waals surface area contributed by atoms with E-state index in [0.717, 1.165) is 29.5 Å². The highest BCUT2D eigenvalue weighted by molar-refractivity contribution is 5.96. The van der Waals surface area contributed by atoms with Crippen molar-refractivity contribution in [3.8, 4) is 11.8 Å². The van der Waals surface area contributed by atoms with Gasteiger partial charge in [0.05, 0.1) is 6.54 Å². The van der Waals surface area contributed by atoms with Gasteiger partial charge in [-0.1, -0.05) is 17.9 Å². The number of carbonyl (C=O) groups is 1. The Morgan fingerprint density at radius 2 is 2.00 bits per heavy atom. The molecule has 1 aromatic carbocycles. The summed E-state index contributed by atoms with van der Waals surface area (Å²) >= 11 is 0. The van der Waals surface area contributed by atoms with Crippen LogP contribution < -0.4 is 5.73 Å². The normalized spacial score (nSPS) is 21.6. The van der Waals surface area contributed by atoms with Crippen molar-refractivity contribution in [2.24, 2.45) is 5.73 Å². The third kappa shape index (κ3) is 3.46. The highest BCUT2D eigenvalue weighted by Gasteiger charge is 2.30. The Morgan fingerprint density at radius 3 is 2.62 bits per heavy atom. The van der Waals surface area contributed by atoms with Crippen molar-refractivity contribution in [2.75, 3.05) is 6.54 Å². The largest absolute Gasteiger partial charge is 0.333 e. The van der Waals surface area contributed by atoms with Crippen LogP contribution in [0.4, 0.5) is 0 Å². The van der Waals surface area contributed by atoms with Crippen LogP contribution >= 0.6 is 0 Å². The second-order valence-electron chi connectivity index (χ2n) is 5.88. The molecule has 0 aliphatic carbocycles. The van der Waals surface area contributed by atoms with Crippen LogP contribution in [0.5, 0.6) is 0 Å². The van der Waals surface area contributed by atoms with E-state index in [4.69, 9.17) is 5.73 Å². The Hall–Kier alpha value is -1.79. The number of hydrogen-bond acceptors (Lipinski definition) is 2. The number of hydrogen-bond donors (Lipinski definition) is 1. The van der Waals surface area contributed by atoms with Crippen LogP contribution in [0, 0.1) is 18.8 Å². The summed E-state index contributed by atoms with van der Waals surface area (Å²) in [6.07, 6.45) is 3.37. The van der Waals surface area contributed by atoms with Crippen molar-refractivity contribution >= 4 is 5.91 Å². The Bertz CT molecular complexity index is 573. The first kappa shape index (κ1) is 15.6. The zero-order valence-electron chi connectivity index (χ0n) is 13.1. The molecule has 1 heterocycles. The number of piperidine rings is 1. The monoisotopic (exact) mass is 284 g/mol. The van der Waals surface area contributed by atoms with Gasteiger partial charge in [0, 0.05) is 23.2 Å². The zero-order valence-corrected chi connectivity index (χ0v) is 13.1. The number of amides is 1. The summed E-state index contributed by atoms with van der Waals surface area (Å²) < 4.78 is 0. The number of nitrogens with two attached hydrogens (primary N) is 1. The van der Waals surface area contributed by atoms with E-state index < -0.39 is 0 Å². The van der Waals surface area contributed by atoms with Gasteiger partial charge in [-0.15, -0.1) is 0 Å². The first-order valence-electron chi connectivity index (χ1n) is 7.67. The summed E-state index contributed by atoms with van der Waals surface area (Å²) in [5.74, 6) is 5.97. The molecule has 1 fully saturated rings. The molecule has 0 unspecified atom stereocenters. The van der Waals surface area contributed by atoms with Gasteiger partial charge in [0.2, 0.25) is 0 Å². The van der Waals surface area contributed by atoms with Crippen molar-refractivity contribution in [3.05, 3.63) is 34.9 Å². The van der Waals surface area contributed by atoms with Crippen molar-refractivity contribution in [2.45, 2.75) is 52.1 Å². The quantitative estimate of drug-likeness (QED) is 0.806. The lowest BCUT2D eigenvalue weighted by Crippen LogP contribution is -2.47. The molecule has 2 rings (SSSR count). The molecule has 3 heteroatoms. The van der Waals surface area contributed by atoms with Gasteiger partial charge in [0.25, 0.3) is 5.91 Å². The highest BCUT2D eigenvalue weighted by Crippen LogP contribution is 2.25. The fraction of sp³-hybridized carbons (Fsp3) is 0.500. The minimum absolute atomic E-state index is 0.128. The molecule has 0 radical (unpaired) electrons. The minimum Gasteiger partial charge on any atom is -0.333 e. The maximum Gasteiger partial charge on any atom is 0.254 e. The van der Waals surface area contributed by atoms with Crippen molar-refractivity contribution < 1.29 is 4.79 Å². The molecule has 2 N–H and O–H groups in total. The van der Waals surface area contributed by atoms with Crippen molar-refractivity contribution in [1.29, 1.82) is 0 Å². The van der Waals surface area contributed by atoms with E-state index in [1.807, 2.05) is 30.0 Å². The average molecular weight is 284 g/mol. The maximum atomic E-state index is 12.9. The SMILES string of the molecule is Cc1ccc(C#CCN)cc1C(=O)N1[C@H](C)CCC[C@@H]1C. The molecule has 1 aliphatic heterocycles. The van der Waals surface area contributed by atoms with Crippen molar-refractivity contribution in [1.82, 2.24) is 4.90 Å². The third-order valence-electron chi connectivity index (χ3n) is 4.23. The molecule has 0 saturated carbocycles. The lowest BCUT2D eigenvalue weighted by molar-refractivity contribution is 0.0510. The first-order chi connectivity index (χ1) is 10.0. The first-order valence-corrected chi connectivity index (χ1v) is 7.67. The third-order valence-corrected chi connectivity index (χ3v) is 4.23. The molecule has 0 spiro atoms. The molecule has 1 aromatic rings. The van der Waals surface area contributed by atoms with Gasteiger partial charge in [-0.05, 0) is 57.7 Å². The maximum absolute atomic E-state index is 12.9. The molecule has 1 aliphatic rings. The Labute approximate surface area is 127 Å². The van der Waals surface area contributed by atoms with Crippen LogP contribution in [0.3, 0.4) is 0 Å². The minimum atomic E-state index is 0.128. The van der Waals surface area contributed by atoms with E-state index >= 15 is 0 Å². The van der Waals surface area contributed by atoms with E-state index in [2.05, 4.69) is 25.7 Å². The lowest BCUT2D eigenvalue weighted by Gasteiger charge is -2.39. The van der Waals surface area contributed by atoms with Gasteiger partial charge in [0.15, 0.2) is 0 Å². The highest BCUT2D eigenvalue weighted by atomic mass is 16.2. The summed E-state index contributed by atoms with van der Waals surface area (Å²) in [4.78, 5) is 15.0. The molecule has 1 saturated heterocycles. The van der Waals surface area contributed by atoms with E-state index in [-0.39, 0.29) is 5.91 Å². The second-order valence-corrected chi connectivity index (χ2v) is 5.88. The summed E-state index contributed by atoms with van der Waals surface area (Å²) in [5.41, 5.74) is 8.03. The summed E-state index contributed by atoms with van der Waals surface area (Å²) in [6, 6.07) is 6.41. The number of rotatable bonds is 1. The molecule has 0 bridgehead atoms. The fourth-order valence-electron chi connectivity index (χ4n) is 3.04. The molecule has 112 valence electrons. The summed E-state index contributed by atoms with van der Waals surface area (Å²) in [5, 5.41) is 0. The number of likely N-dealkylation sites (tertiary alicyclic amines) is 1. The molecule has 0 aromatic heterocycles. The van der Waals surface area contributed by atoms with Crippen LogP contribution in [-0.2, 0) is 0 Å². The number of carbonyl (C=O) groups excluding carboxylic acids is 1. The van der Waals surface area contributed by atoms with Crippen LogP contribution in [0.1, 0.15) is 54.6 Å². The molecule has 2 atom stereocenters. The Morgan fingerprint density at radius 1 is 1.33 bits per heavy atom. The van der Waals surface area contributed by atoms with Gasteiger partial charge in [-0.2, -0.15) is 0 Å². The number of aryl methyl sites for hydroxylation is 1. The molecule has 21 heavy (non-hydrogen) atoms. The van der Waals surface area contributed by atoms with Gasteiger partial charge >= 0.3 is 0 Å². The summed E-state index contributed by atoms with van der Waals surface area (Å²) in [6.45, 7) is 6.59. The molecular weight excluding hydrogens is 260 g/mol. The van der Waals surface area contributed by atoms with Crippen molar-refractivity contribution in [3.63, 3.8) is 0 Å². The van der Waals surface area contributed by atoms with Crippen LogP contribution in [0.2, 0.25) is 0 Å². The Balaban J connectivity index is 2.33. The summed E-state index contributed by atoms with van der Waals surface area (Å²) in [7, 11) is 0. The predicted octanol–water partition coefficient (Wildman–Crippen LogP) is 2.71. The smallest absolute Gasteiger partial charge is 0.254 e.